The van der Waals surface area contributed by atoms with Crippen LogP contribution in [0.25, 0.3) is 0 Å². The second-order valence-corrected chi connectivity index (χ2v) is 9.84. The molecule has 0 heterocycles. The minimum Gasteiger partial charge on any atom is -0.484 e. The molecule has 0 fully saturated rings. The van der Waals surface area contributed by atoms with Gasteiger partial charge in [0.15, 0.2) is 38.6 Å². The van der Waals surface area contributed by atoms with E-state index in [0.29, 0.717) is 6.07 Å². The van der Waals surface area contributed by atoms with Gasteiger partial charge in [-0.15, -0.1) is 0 Å². The Kier molecular flexibility index (Phi) is 23.8. The summed E-state index contributed by atoms with van der Waals surface area (Å²) in [5, 5.41) is 24.2. The fourth-order valence-electron chi connectivity index (χ4n) is 3.27. The van der Waals surface area contributed by atoms with Crippen molar-refractivity contribution >= 4 is 23.5 Å². The number of ether oxygens (including phenoxy) is 5. The Balaban J connectivity index is 0. The second-order valence-electron chi connectivity index (χ2n) is 9.67. The van der Waals surface area contributed by atoms with Gasteiger partial charge in [-0.25, -0.2) is 9.59 Å². The fraction of sp³-hybridized carbons (Fsp3) is 0.484. The Labute approximate surface area is 310 Å². The molecular formula is C31H32ClF12N3O8. The van der Waals surface area contributed by atoms with Gasteiger partial charge >= 0.3 is 36.6 Å². The maximum atomic E-state index is 12.2. The van der Waals surface area contributed by atoms with Gasteiger partial charge in [0.05, 0.1) is 0 Å². The lowest BCUT2D eigenvalue weighted by Crippen LogP contribution is -2.21. The number of carbonyl (C=O) groups excluding carboxylic acids is 1. The maximum absolute atomic E-state index is 12.2. The van der Waals surface area contributed by atoms with E-state index >= 15 is 0 Å². The average Bonchev–Trinajstić information content (AvgIpc) is 3.07. The molecule has 310 valence electrons. The molecule has 0 aliphatic carbocycles. The first-order valence-corrected chi connectivity index (χ1v) is 15.2. The van der Waals surface area contributed by atoms with Crippen LogP contribution in [0.4, 0.5) is 52.7 Å². The molecule has 0 saturated heterocycles. The zero-order chi connectivity index (χ0) is 43.0. The van der Waals surface area contributed by atoms with Gasteiger partial charge in [0.2, 0.25) is 0 Å². The van der Waals surface area contributed by atoms with E-state index < -0.39 is 104 Å². The Hall–Kier alpha value is -5.03. The van der Waals surface area contributed by atoms with Crippen molar-refractivity contribution in [3.8, 4) is 34.6 Å². The summed E-state index contributed by atoms with van der Waals surface area (Å²) in [6.07, 6.45) is -18.7. The summed E-state index contributed by atoms with van der Waals surface area (Å²) < 4.78 is 166. The van der Waals surface area contributed by atoms with Gasteiger partial charge in [-0.1, -0.05) is 20.8 Å². The molecule has 0 amide bonds. The number of esters is 1. The van der Waals surface area contributed by atoms with E-state index in [0.717, 1.165) is 30.3 Å². The van der Waals surface area contributed by atoms with Crippen molar-refractivity contribution in [3.05, 3.63) is 47.5 Å². The number of nitrogens with zero attached hydrogens (tertiary/aromatic N) is 3. The summed E-state index contributed by atoms with van der Waals surface area (Å²) in [5.41, 5.74) is -0.118. The highest BCUT2D eigenvalue weighted by molar-refractivity contribution is 6.28. The molecule has 0 radical (unpaired) electrons. The number of nitriles is 2. The number of hydrogen-bond acceptors (Lipinski definition) is 10. The summed E-state index contributed by atoms with van der Waals surface area (Å²) in [5.74, 6) is -5.00. The van der Waals surface area contributed by atoms with Crippen LogP contribution in [-0.2, 0) is 4.74 Å². The summed E-state index contributed by atoms with van der Waals surface area (Å²) >= 11 is 4.30. The maximum Gasteiger partial charge on any atom is 0.422 e. The highest BCUT2D eigenvalue weighted by atomic mass is 35.5. The normalized spacial score (nSPS) is 11.1. The van der Waals surface area contributed by atoms with E-state index in [1.807, 2.05) is 0 Å². The number of carboxylic acids is 1. The molecule has 0 aromatic heterocycles. The Bertz CT molecular complexity index is 1530. The number of aromatic carboxylic acids is 1. The van der Waals surface area contributed by atoms with Crippen LogP contribution in [-0.4, -0.2) is 99.3 Å². The number of carboxylic acid groups (broad SMARTS) is 1. The molecule has 24 heteroatoms. The first-order chi connectivity index (χ1) is 25.3. The monoisotopic (exact) mass is 837 g/mol. The lowest BCUT2D eigenvalue weighted by Gasteiger charge is -2.14. The molecule has 0 spiro atoms. The van der Waals surface area contributed by atoms with Crippen LogP contribution in [0.5, 0.6) is 23.0 Å². The van der Waals surface area contributed by atoms with Gasteiger partial charge in [0.25, 0.3) is 0 Å². The number of rotatable bonds is 14. The molecule has 0 aliphatic heterocycles. The van der Waals surface area contributed by atoms with Gasteiger partial charge in [-0.2, -0.15) is 63.2 Å². The summed E-state index contributed by atoms with van der Waals surface area (Å²) in [6.45, 7) is 2.65. The predicted octanol–water partition coefficient (Wildman–Crippen LogP) is 8.57. The first kappa shape index (κ1) is 52.1. The number of alkyl halides is 12. The van der Waals surface area contributed by atoms with Gasteiger partial charge in [-0.05, 0) is 56.0 Å². The number of hydrogen-bond donors (Lipinski definition) is 1. The zero-order valence-electron chi connectivity index (χ0n) is 28.7. The molecule has 0 aliphatic rings. The summed E-state index contributed by atoms with van der Waals surface area (Å²) in [4.78, 5) is 24.9. The van der Waals surface area contributed by atoms with Crippen molar-refractivity contribution in [2.24, 2.45) is 0 Å². The zero-order valence-corrected chi connectivity index (χ0v) is 29.4. The molecule has 1 N–H and O–H groups in total. The second kappa shape index (κ2) is 25.1. The third-order valence-electron chi connectivity index (χ3n) is 5.55. The van der Waals surface area contributed by atoms with Crippen molar-refractivity contribution in [1.82, 2.24) is 4.90 Å². The van der Waals surface area contributed by atoms with Gasteiger partial charge in [0.1, 0.15) is 40.2 Å². The molecule has 0 bridgehead atoms. The van der Waals surface area contributed by atoms with Crippen molar-refractivity contribution in [1.29, 1.82) is 10.5 Å². The summed E-state index contributed by atoms with van der Waals surface area (Å²) in [6, 6.07) is 6.25. The SMILES string of the molecule is CCN(CC)CC.N#CCOC(=O)c1cc(OCC(F)(F)F)ccc1OCC(F)(F)F.N#CCl.O=C(O)c1cc(OCC(F)(F)F)ccc1OCC(F)(F)F. The molecular weight excluding hydrogens is 806 g/mol. The Morgan fingerprint density at radius 1 is 0.655 bits per heavy atom. The van der Waals surface area contributed by atoms with Crippen LogP contribution in [0.3, 0.4) is 0 Å². The topological polar surface area (TPSA) is 151 Å². The molecule has 2 aromatic carbocycles. The standard InChI is InChI=1S/C13H9F6NO4.C11H8F6O4.C6H15N.CClN/c14-12(15,16)6-23-8-1-2-10(24-7-13(17,18)19)9(5-8)11(21)22-4-3-20;12-10(13,14)4-20-6-1-2-8(7(3-6)9(18)19)21-5-11(15,16)17;1-4-7(5-2)6-3;2-1-3/h1-2,5H,4,6-7H2;1-3H,4-5H2,(H,18,19);4-6H2,1-3H3;. The van der Waals surface area contributed by atoms with E-state index in [9.17, 15) is 62.3 Å². The van der Waals surface area contributed by atoms with Crippen LogP contribution in [0.15, 0.2) is 36.4 Å². The first-order valence-electron chi connectivity index (χ1n) is 14.8. The molecule has 2 aromatic rings. The van der Waals surface area contributed by atoms with E-state index in [4.69, 9.17) is 15.6 Å². The minimum atomic E-state index is -4.70. The van der Waals surface area contributed by atoms with E-state index in [1.165, 1.54) is 31.2 Å². The molecule has 55 heavy (non-hydrogen) atoms. The minimum absolute atomic E-state index is 0.435. The van der Waals surface area contributed by atoms with Gasteiger partial charge in [0, 0.05) is 11.6 Å². The number of halogens is 13. The van der Waals surface area contributed by atoms with E-state index in [-0.39, 0.29) is 0 Å². The number of benzene rings is 2. The van der Waals surface area contributed by atoms with Gasteiger partial charge < -0.3 is 33.7 Å². The molecule has 0 unspecified atom stereocenters. The van der Waals surface area contributed by atoms with Crippen molar-refractivity contribution in [2.75, 3.05) is 52.7 Å². The average molecular weight is 838 g/mol. The molecule has 2 rings (SSSR count). The van der Waals surface area contributed by atoms with Crippen molar-refractivity contribution < 1.29 is 91.1 Å². The molecule has 0 atom stereocenters. The van der Waals surface area contributed by atoms with Crippen LogP contribution < -0.4 is 18.9 Å². The lowest BCUT2D eigenvalue weighted by atomic mass is 10.2. The molecule has 11 nitrogen and oxygen atoms in total. The fourth-order valence-corrected chi connectivity index (χ4v) is 3.27. The van der Waals surface area contributed by atoms with Gasteiger partial charge in [-0.3, -0.25) is 0 Å². The smallest absolute Gasteiger partial charge is 0.422 e. The van der Waals surface area contributed by atoms with Crippen LogP contribution in [0.1, 0.15) is 41.5 Å². The number of carbonyl (C=O) groups is 2. The van der Waals surface area contributed by atoms with Crippen LogP contribution >= 0.6 is 11.6 Å². The quantitative estimate of drug-likeness (QED) is 0.144. The van der Waals surface area contributed by atoms with E-state index in [2.05, 4.69) is 61.0 Å². The lowest BCUT2D eigenvalue weighted by molar-refractivity contribution is -0.154. The van der Waals surface area contributed by atoms with E-state index in [1.54, 1.807) is 0 Å². The van der Waals surface area contributed by atoms with Crippen molar-refractivity contribution in [3.63, 3.8) is 0 Å². The van der Waals surface area contributed by atoms with Crippen LogP contribution in [0.2, 0.25) is 0 Å². The molecule has 0 saturated carbocycles. The third kappa shape index (κ3) is 27.2. The summed E-state index contributed by atoms with van der Waals surface area (Å²) in [7, 11) is 0. The predicted molar refractivity (Wildman–Crippen MR) is 167 cm³/mol. The Morgan fingerprint density at radius 2 is 0.982 bits per heavy atom. The Morgan fingerprint density at radius 3 is 1.27 bits per heavy atom. The van der Waals surface area contributed by atoms with Crippen LogP contribution in [0, 0.1) is 22.1 Å². The highest BCUT2D eigenvalue weighted by Crippen LogP contribution is 2.29. The van der Waals surface area contributed by atoms with Crippen molar-refractivity contribution in [2.45, 2.75) is 45.5 Å². The third-order valence-corrected chi connectivity index (χ3v) is 5.55. The largest absolute Gasteiger partial charge is 0.484 e. The highest BCUT2D eigenvalue weighted by Gasteiger charge is 2.32.